The first-order valence-electron chi connectivity index (χ1n) is 19.8. The highest BCUT2D eigenvalue weighted by molar-refractivity contribution is 6.14. The molecule has 288 valence electrons. The minimum absolute atomic E-state index is 0.396. The molecular formula is C55H28N8. The first-order chi connectivity index (χ1) is 30.9. The summed E-state index contributed by atoms with van der Waals surface area (Å²) >= 11 is 0. The molecule has 0 aliphatic rings. The topological polar surface area (TPSA) is 55.4 Å². The Labute approximate surface area is 362 Å². The number of aryl methyl sites for hydroxylation is 1. The first kappa shape index (κ1) is 37.6. The molecule has 0 saturated carbocycles. The van der Waals surface area contributed by atoms with Gasteiger partial charge in [-0.2, -0.15) is 5.26 Å². The van der Waals surface area contributed by atoms with Crippen LogP contribution in [0.1, 0.15) is 11.1 Å². The summed E-state index contributed by atoms with van der Waals surface area (Å²) in [4.78, 5) is 19.0. The van der Waals surface area contributed by atoms with E-state index in [1.807, 2.05) is 97.9 Å². The van der Waals surface area contributed by atoms with Gasteiger partial charge < -0.3 is 9.13 Å². The number of hydrogen-bond donors (Lipinski definition) is 0. The van der Waals surface area contributed by atoms with E-state index in [2.05, 4.69) is 75.8 Å². The molecule has 0 N–H and O–H groups in total. The quantitative estimate of drug-likeness (QED) is 0.160. The van der Waals surface area contributed by atoms with Crippen molar-refractivity contribution in [3.8, 4) is 50.8 Å². The van der Waals surface area contributed by atoms with Crippen molar-refractivity contribution in [1.29, 1.82) is 5.26 Å². The van der Waals surface area contributed by atoms with Crippen molar-refractivity contribution in [1.82, 2.24) is 9.13 Å². The van der Waals surface area contributed by atoms with Gasteiger partial charge in [0.2, 0.25) is 5.69 Å². The average Bonchev–Trinajstić information content (AvgIpc) is 3.84. The lowest BCUT2D eigenvalue weighted by molar-refractivity contribution is 1.14. The van der Waals surface area contributed by atoms with Crippen LogP contribution < -0.4 is 0 Å². The zero-order valence-electron chi connectivity index (χ0n) is 33.5. The molecular weight excluding hydrogens is 773 g/mol. The molecule has 2 heterocycles. The van der Waals surface area contributed by atoms with Crippen LogP contribution in [0.2, 0.25) is 0 Å². The fraction of sp³-hybridized carbons (Fsp3) is 0.0182. The number of fused-ring (bicyclic) bond motifs is 6. The highest BCUT2D eigenvalue weighted by Gasteiger charge is 2.25. The van der Waals surface area contributed by atoms with Gasteiger partial charge >= 0.3 is 0 Å². The Kier molecular flexibility index (Phi) is 8.85. The van der Waals surface area contributed by atoms with E-state index in [1.54, 1.807) is 24.3 Å². The minimum atomic E-state index is 0.396. The van der Waals surface area contributed by atoms with Gasteiger partial charge in [-0.25, -0.2) is 24.2 Å². The maximum absolute atomic E-state index is 10.1. The van der Waals surface area contributed by atoms with E-state index in [1.165, 1.54) is 0 Å². The van der Waals surface area contributed by atoms with Gasteiger partial charge in [0, 0.05) is 21.5 Å². The number of benzene rings is 8. The highest BCUT2D eigenvalue weighted by atomic mass is 15.1. The molecule has 0 fully saturated rings. The summed E-state index contributed by atoms with van der Waals surface area (Å²) in [7, 11) is 0. The van der Waals surface area contributed by atoms with Crippen molar-refractivity contribution >= 4 is 72.0 Å². The molecule has 8 heteroatoms. The summed E-state index contributed by atoms with van der Waals surface area (Å²) in [6.07, 6.45) is 0. The molecule has 0 unspecified atom stereocenters. The fourth-order valence-electron chi connectivity index (χ4n) is 8.96. The molecule has 0 aliphatic heterocycles. The van der Waals surface area contributed by atoms with Crippen molar-refractivity contribution in [3.05, 3.63) is 220 Å². The Bertz CT molecular complexity index is 3890. The Hall–Kier alpha value is -9.70. The van der Waals surface area contributed by atoms with Crippen molar-refractivity contribution in [3.63, 3.8) is 0 Å². The van der Waals surface area contributed by atoms with Gasteiger partial charge in [-0.15, -0.1) is 0 Å². The predicted molar refractivity (Wildman–Crippen MR) is 252 cm³/mol. The molecule has 10 rings (SSSR count). The Balaban J connectivity index is 1.29. The van der Waals surface area contributed by atoms with Crippen molar-refractivity contribution in [2.45, 2.75) is 6.92 Å². The fourth-order valence-corrected chi connectivity index (χ4v) is 8.96. The molecule has 8 nitrogen and oxygen atoms in total. The monoisotopic (exact) mass is 800 g/mol. The van der Waals surface area contributed by atoms with Gasteiger partial charge in [-0.05, 0) is 100 Å². The Morgan fingerprint density at radius 1 is 0.444 bits per heavy atom. The number of hydrogen-bond acceptors (Lipinski definition) is 1. The third-order valence-electron chi connectivity index (χ3n) is 11.7. The molecule has 2 aromatic heterocycles. The second-order valence-electron chi connectivity index (χ2n) is 15.2. The molecule has 0 saturated heterocycles. The van der Waals surface area contributed by atoms with Gasteiger partial charge in [0.15, 0.2) is 22.7 Å². The van der Waals surface area contributed by atoms with Crippen molar-refractivity contribution in [2.75, 3.05) is 0 Å². The number of rotatable bonds is 5. The van der Waals surface area contributed by atoms with E-state index in [0.29, 0.717) is 45.4 Å². The van der Waals surface area contributed by atoms with Crippen LogP contribution in [0.3, 0.4) is 0 Å². The summed E-state index contributed by atoms with van der Waals surface area (Å²) in [6.45, 7) is 41.8. The third kappa shape index (κ3) is 5.94. The van der Waals surface area contributed by atoms with E-state index in [4.69, 9.17) is 32.9 Å². The van der Waals surface area contributed by atoms with Crippen LogP contribution in [0.4, 0.5) is 28.4 Å². The summed E-state index contributed by atoms with van der Waals surface area (Å²) in [5.74, 6) is 0. The van der Waals surface area contributed by atoms with Gasteiger partial charge in [-0.3, -0.25) is 0 Å². The van der Waals surface area contributed by atoms with Crippen molar-refractivity contribution < 1.29 is 0 Å². The molecule has 0 aliphatic carbocycles. The minimum Gasteiger partial charge on any atom is -0.319 e. The van der Waals surface area contributed by atoms with Crippen LogP contribution >= 0.6 is 0 Å². The molecule has 0 atom stereocenters. The Morgan fingerprint density at radius 3 is 1.51 bits per heavy atom. The predicted octanol–water partition coefficient (Wildman–Crippen LogP) is 15.8. The van der Waals surface area contributed by atoms with E-state index < -0.39 is 0 Å². The van der Waals surface area contributed by atoms with Crippen molar-refractivity contribution in [2.24, 2.45) is 0 Å². The lowest BCUT2D eigenvalue weighted by atomic mass is 9.97. The summed E-state index contributed by atoms with van der Waals surface area (Å²) in [5, 5.41) is 13.9. The smallest absolute Gasteiger partial charge is 0.234 e. The SMILES string of the molecule is [C-]#[N+]c1ccc(-c2ccc3c(c2)c2ccccc2n3-c2ccc(-c3cc(C)cc(C#N)c3)c(-n3c4ccccc4c4cc(-c5ccc([N+]#[C-])cc5[N+]#[C-])ccc43)c2[N+]#[C-])c([N+]#[C-])c1. The second kappa shape index (κ2) is 14.8. The summed E-state index contributed by atoms with van der Waals surface area (Å²) in [5.41, 5.74) is 13.0. The lowest BCUT2D eigenvalue weighted by Gasteiger charge is -2.20. The van der Waals surface area contributed by atoms with E-state index in [0.717, 1.165) is 82.6 Å². The molecule has 8 aromatic carbocycles. The molecule has 10 aromatic rings. The van der Waals surface area contributed by atoms with Crippen LogP contribution in [0.5, 0.6) is 0 Å². The van der Waals surface area contributed by atoms with Gasteiger partial charge in [0.25, 0.3) is 0 Å². The zero-order valence-corrected chi connectivity index (χ0v) is 33.5. The maximum Gasteiger partial charge on any atom is 0.234 e. The van der Waals surface area contributed by atoms with Crippen LogP contribution in [-0.4, -0.2) is 9.13 Å². The number of aromatic nitrogens is 2. The molecule has 0 amide bonds. The van der Waals surface area contributed by atoms with Crippen LogP contribution in [-0.2, 0) is 0 Å². The molecule has 0 radical (unpaired) electrons. The highest BCUT2D eigenvalue weighted by Crippen LogP contribution is 2.47. The first-order valence-corrected chi connectivity index (χ1v) is 19.8. The normalized spacial score (nSPS) is 10.8. The van der Waals surface area contributed by atoms with Crippen LogP contribution in [0.25, 0.3) is 113 Å². The van der Waals surface area contributed by atoms with E-state index in [-0.39, 0.29) is 0 Å². The maximum atomic E-state index is 10.1. The summed E-state index contributed by atoms with van der Waals surface area (Å²) in [6, 6.07) is 50.9. The summed E-state index contributed by atoms with van der Waals surface area (Å²) < 4.78 is 4.28. The number of nitrogens with zero attached hydrogens (tertiary/aromatic N) is 8. The molecule has 63 heavy (non-hydrogen) atoms. The number of para-hydroxylation sites is 2. The van der Waals surface area contributed by atoms with E-state index >= 15 is 0 Å². The largest absolute Gasteiger partial charge is 0.319 e. The van der Waals surface area contributed by atoms with Gasteiger partial charge in [0.05, 0.1) is 77.9 Å². The molecule has 0 bridgehead atoms. The average molecular weight is 801 g/mol. The van der Waals surface area contributed by atoms with Crippen LogP contribution in [0.15, 0.2) is 152 Å². The lowest BCUT2D eigenvalue weighted by Crippen LogP contribution is -2.03. The number of nitriles is 1. The third-order valence-corrected chi connectivity index (χ3v) is 11.7. The second-order valence-corrected chi connectivity index (χ2v) is 15.2. The van der Waals surface area contributed by atoms with E-state index in [9.17, 15) is 5.26 Å². The zero-order chi connectivity index (χ0) is 43.4. The van der Waals surface area contributed by atoms with Gasteiger partial charge in [-0.1, -0.05) is 97.1 Å². The van der Waals surface area contributed by atoms with Crippen LogP contribution in [0, 0.1) is 51.1 Å². The Morgan fingerprint density at radius 2 is 0.968 bits per heavy atom. The molecule has 0 spiro atoms. The standard InChI is InChI=1S/C55H28N8/c1-33-25-34(32-56)27-37(26-33)42-21-24-53(62-49-13-9-7-11-43(49)45-28-35(15-22-51(45)62)40-19-17-38(57-2)30-47(40)59-4)54(61-6)55(42)63-50-14-10-8-12-44(50)46-29-36(16-23-52(46)63)41-20-18-39(58-3)31-48(41)60-5/h7-31H,1H3. The van der Waals surface area contributed by atoms with Gasteiger partial charge in [0.1, 0.15) is 0 Å².